The van der Waals surface area contributed by atoms with Crippen LogP contribution in [0.4, 0.5) is 0 Å². The standard InChI is InChI=1S/C10H15NO3S/c1-7(11)8-4-5-10(15(3,12)13)9(6-8)14-2/h4-7H,11H2,1-3H3/t7-/m1/s1. The molecule has 15 heavy (non-hydrogen) atoms. The predicted octanol–water partition coefficient (Wildman–Crippen LogP) is 1.12. The summed E-state index contributed by atoms with van der Waals surface area (Å²) >= 11 is 0. The Labute approximate surface area is 90.0 Å². The largest absolute Gasteiger partial charge is 0.495 e. The summed E-state index contributed by atoms with van der Waals surface area (Å²) in [5.41, 5.74) is 6.54. The summed E-state index contributed by atoms with van der Waals surface area (Å²) < 4.78 is 27.8. The number of nitrogens with two attached hydrogens (primary N) is 1. The molecule has 84 valence electrons. The first-order valence-corrected chi connectivity index (χ1v) is 6.39. The molecule has 0 radical (unpaired) electrons. The summed E-state index contributed by atoms with van der Waals surface area (Å²) in [6.45, 7) is 1.83. The van der Waals surface area contributed by atoms with Crippen LogP contribution in [0.3, 0.4) is 0 Å². The number of benzene rings is 1. The van der Waals surface area contributed by atoms with Gasteiger partial charge in [0.2, 0.25) is 0 Å². The third kappa shape index (κ3) is 2.70. The third-order valence-corrected chi connectivity index (χ3v) is 3.25. The lowest BCUT2D eigenvalue weighted by molar-refractivity contribution is 0.402. The fourth-order valence-corrected chi connectivity index (χ4v) is 2.10. The minimum Gasteiger partial charge on any atom is -0.495 e. The van der Waals surface area contributed by atoms with Crippen molar-refractivity contribution in [3.05, 3.63) is 23.8 Å². The van der Waals surface area contributed by atoms with Crippen LogP contribution >= 0.6 is 0 Å². The zero-order valence-electron chi connectivity index (χ0n) is 9.02. The topological polar surface area (TPSA) is 69.4 Å². The Balaban J connectivity index is 3.34. The summed E-state index contributed by atoms with van der Waals surface area (Å²) in [6.07, 6.45) is 1.15. The first-order chi connectivity index (χ1) is 6.86. The molecule has 0 aliphatic rings. The second kappa shape index (κ2) is 4.20. The van der Waals surface area contributed by atoms with E-state index in [1.807, 2.05) is 6.92 Å². The summed E-state index contributed by atoms with van der Waals surface area (Å²) in [4.78, 5) is 0.189. The second-order valence-electron chi connectivity index (χ2n) is 3.47. The smallest absolute Gasteiger partial charge is 0.179 e. The van der Waals surface area contributed by atoms with Gasteiger partial charge in [-0.25, -0.2) is 8.42 Å². The fraction of sp³-hybridized carbons (Fsp3) is 0.400. The highest BCUT2D eigenvalue weighted by molar-refractivity contribution is 7.90. The molecule has 0 aliphatic carbocycles. The maximum Gasteiger partial charge on any atom is 0.179 e. The van der Waals surface area contributed by atoms with Crippen molar-refractivity contribution in [2.75, 3.05) is 13.4 Å². The van der Waals surface area contributed by atoms with Crippen LogP contribution in [0, 0.1) is 0 Å². The molecule has 0 unspecified atom stereocenters. The molecule has 1 aromatic carbocycles. The molecule has 2 N–H and O–H groups in total. The maximum atomic E-state index is 11.4. The van der Waals surface area contributed by atoms with Gasteiger partial charge >= 0.3 is 0 Å². The summed E-state index contributed by atoms with van der Waals surface area (Å²) in [7, 11) is -1.81. The van der Waals surface area contributed by atoms with Gasteiger partial charge in [-0.1, -0.05) is 6.07 Å². The van der Waals surface area contributed by atoms with Crippen LogP contribution in [0.5, 0.6) is 5.75 Å². The average molecular weight is 229 g/mol. The Bertz CT molecular complexity index is 452. The molecule has 0 bridgehead atoms. The number of ether oxygens (including phenoxy) is 1. The Morgan fingerprint density at radius 2 is 2.00 bits per heavy atom. The predicted molar refractivity (Wildman–Crippen MR) is 58.7 cm³/mol. The second-order valence-corrected chi connectivity index (χ2v) is 5.46. The van der Waals surface area contributed by atoms with Crippen molar-refractivity contribution in [3.63, 3.8) is 0 Å². The van der Waals surface area contributed by atoms with Crippen molar-refractivity contribution in [2.24, 2.45) is 5.73 Å². The van der Waals surface area contributed by atoms with E-state index in [-0.39, 0.29) is 10.9 Å². The van der Waals surface area contributed by atoms with Crippen molar-refractivity contribution < 1.29 is 13.2 Å². The van der Waals surface area contributed by atoms with Crippen molar-refractivity contribution in [3.8, 4) is 5.75 Å². The molecule has 1 aromatic rings. The molecular formula is C10H15NO3S. The molecule has 5 heteroatoms. The summed E-state index contributed by atoms with van der Waals surface area (Å²) in [6, 6.07) is 4.73. The van der Waals surface area contributed by atoms with Crippen LogP contribution in [-0.2, 0) is 9.84 Å². The average Bonchev–Trinajstić information content (AvgIpc) is 2.15. The number of hydrogen-bond donors (Lipinski definition) is 1. The van der Waals surface area contributed by atoms with Crippen LogP contribution < -0.4 is 10.5 Å². The monoisotopic (exact) mass is 229 g/mol. The van der Waals surface area contributed by atoms with Crippen molar-refractivity contribution >= 4 is 9.84 Å². The van der Waals surface area contributed by atoms with E-state index in [0.29, 0.717) is 5.75 Å². The van der Waals surface area contributed by atoms with E-state index in [2.05, 4.69) is 0 Å². The van der Waals surface area contributed by atoms with Crippen LogP contribution in [0.25, 0.3) is 0 Å². The Hall–Kier alpha value is -1.07. The number of sulfone groups is 1. The van der Waals surface area contributed by atoms with E-state index >= 15 is 0 Å². The van der Waals surface area contributed by atoms with Crippen molar-refractivity contribution in [1.82, 2.24) is 0 Å². The van der Waals surface area contributed by atoms with E-state index in [0.717, 1.165) is 11.8 Å². The van der Waals surface area contributed by atoms with Crippen molar-refractivity contribution in [1.29, 1.82) is 0 Å². The van der Waals surface area contributed by atoms with Crippen LogP contribution in [-0.4, -0.2) is 21.8 Å². The summed E-state index contributed by atoms with van der Waals surface area (Å²) in [5.74, 6) is 0.340. The first kappa shape index (κ1) is 12.0. The SMILES string of the molecule is COc1cc([C@@H](C)N)ccc1S(C)(=O)=O. The molecule has 4 nitrogen and oxygen atoms in total. The zero-order chi connectivity index (χ0) is 11.6. The van der Waals surface area contributed by atoms with Crippen LogP contribution in [0.2, 0.25) is 0 Å². The van der Waals surface area contributed by atoms with Gasteiger partial charge in [0.05, 0.1) is 7.11 Å². The fourth-order valence-electron chi connectivity index (χ4n) is 1.27. The van der Waals surface area contributed by atoms with Gasteiger partial charge in [0, 0.05) is 12.3 Å². The lowest BCUT2D eigenvalue weighted by Gasteiger charge is -2.11. The van der Waals surface area contributed by atoms with E-state index in [1.54, 1.807) is 12.1 Å². The normalized spacial score (nSPS) is 13.6. The molecule has 1 atom stereocenters. The molecule has 0 amide bonds. The maximum absolute atomic E-state index is 11.4. The summed E-state index contributed by atoms with van der Waals surface area (Å²) in [5, 5.41) is 0. The van der Waals surface area contributed by atoms with Gasteiger partial charge < -0.3 is 10.5 Å². The minimum atomic E-state index is -3.25. The van der Waals surface area contributed by atoms with Gasteiger partial charge in [0.15, 0.2) is 9.84 Å². The molecule has 0 spiro atoms. The lowest BCUT2D eigenvalue weighted by atomic mass is 10.1. The number of rotatable bonds is 3. The van der Waals surface area contributed by atoms with Gasteiger partial charge in [0.1, 0.15) is 10.6 Å². The lowest BCUT2D eigenvalue weighted by Crippen LogP contribution is -2.07. The van der Waals surface area contributed by atoms with Crippen molar-refractivity contribution in [2.45, 2.75) is 17.9 Å². The van der Waals surface area contributed by atoms with E-state index in [1.165, 1.54) is 13.2 Å². The molecule has 0 heterocycles. The molecule has 0 fully saturated rings. The quantitative estimate of drug-likeness (QED) is 0.843. The van der Waals surface area contributed by atoms with Gasteiger partial charge in [-0.2, -0.15) is 0 Å². The molecule has 1 rings (SSSR count). The molecule has 0 aliphatic heterocycles. The number of methoxy groups -OCH3 is 1. The van der Waals surface area contributed by atoms with Gasteiger partial charge in [-0.3, -0.25) is 0 Å². The highest BCUT2D eigenvalue weighted by atomic mass is 32.2. The first-order valence-electron chi connectivity index (χ1n) is 4.50. The Kier molecular flexibility index (Phi) is 3.36. The van der Waals surface area contributed by atoms with Gasteiger partial charge in [0.25, 0.3) is 0 Å². The van der Waals surface area contributed by atoms with E-state index in [4.69, 9.17) is 10.5 Å². The highest BCUT2D eigenvalue weighted by Crippen LogP contribution is 2.26. The Morgan fingerprint density at radius 3 is 2.40 bits per heavy atom. The zero-order valence-corrected chi connectivity index (χ0v) is 9.84. The molecule has 0 saturated carbocycles. The number of hydrogen-bond acceptors (Lipinski definition) is 4. The molecular weight excluding hydrogens is 214 g/mol. The third-order valence-electron chi connectivity index (χ3n) is 2.11. The molecule has 0 aromatic heterocycles. The van der Waals surface area contributed by atoms with E-state index in [9.17, 15) is 8.42 Å². The van der Waals surface area contributed by atoms with Gasteiger partial charge in [-0.15, -0.1) is 0 Å². The van der Waals surface area contributed by atoms with Crippen LogP contribution in [0.1, 0.15) is 18.5 Å². The molecule has 0 saturated heterocycles. The Morgan fingerprint density at radius 1 is 1.40 bits per heavy atom. The van der Waals surface area contributed by atoms with E-state index < -0.39 is 9.84 Å². The minimum absolute atomic E-state index is 0.146. The van der Waals surface area contributed by atoms with Gasteiger partial charge in [-0.05, 0) is 24.6 Å². The van der Waals surface area contributed by atoms with Crippen LogP contribution in [0.15, 0.2) is 23.1 Å². The highest BCUT2D eigenvalue weighted by Gasteiger charge is 2.15.